The quantitative estimate of drug-likeness (QED) is 0.845. The number of anilines is 1. The average molecular weight is 302 g/mol. The van der Waals surface area contributed by atoms with Crippen molar-refractivity contribution in [3.63, 3.8) is 0 Å². The van der Waals surface area contributed by atoms with E-state index in [0.717, 1.165) is 6.07 Å². The molecule has 0 amide bonds. The molecule has 0 aliphatic carbocycles. The Hall–Kier alpha value is -1.93. The van der Waals surface area contributed by atoms with E-state index < -0.39 is 32.2 Å². The first-order valence-corrected chi connectivity index (χ1v) is 7.07. The SMILES string of the molecule is Cc1ccc(CNS(=O)(=O)c2cc(N)c(F)cc2F)o1. The Balaban J connectivity index is 2.24. The van der Waals surface area contributed by atoms with Gasteiger partial charge in [0, 0.05) is 6.07 Å². The molecule has 0 unspecified atom stereocenters. The molecule has 0 aliphatic heterocycles. The molecule has 3 N–H and O–H groups in total. The first-order chi connectivity index (χ1) is 9.29. The predicted octanol–water partition coefficient (Wildman–Crippen LogP) is 1.93. The fourth-order valence-electron chi connectivity index (χ4n) is 1.57. The molecule has 0 fully saturated rings. The molecule has 1 aromatic carbocycles. The van der Waals surface area contributed by atoms with Crippen molar-refractivity contribution < 1.29 is 21.6 Å². The summed E-state index contributed by atoms with van der Waals surface area (Å²) < 4.78 is 57.7. The summed E-state index contributed by atoms with van der Waals surface area (Å²) in [5.41, 5.74) is 4.80. The van der Waals surface area contributed by atoms with E-state index in [-0.39, 0.29) is 6.54 Å². The van der Waals surface area contributed by atoms with E-state index in [2.05, 4.69) is 4.72 Å². The van der Waals surface area contributed by atoms with E-state index in [4.69, 9.17) is 10.2 Å². The summed E-state index contributed by atoms with van der Waals surface area (Å²) in [6.07, 6.45) is 0. The molecule has 0 atom stereocenters. The van der Waals surface area contributed by atoms with Crippen molar-refractivity contribution in [1.29, 1.82) is 0 Å². The number of furan rings is 1. The Labute approximate surface area is 114 Å². The zero-order chi connectivity index (χ0) is 14.9. The molecule has 0 aliphatic rings. The lowest BCUT2D eigenvalue weighted by atomic mass is 10.3. The summed E-state index contributed by atoms with van der Waals surface area (Å²) >= 11 is 0. The van der Waals surface area contributed by atoms with Gasteiger partial charge in [0.15, 0.2) is 0 Å². The van der Waals surface area contributed by atoms with Crippen LogP contribution in [-0.4, -0.2) is 8.42 Å². The summed E-state index contributed by atoms with van der Waals surface area (Å²) in [5, 5.41) is 0. The van der Waals surface area contributed by atoms with Gasteiger partial charge in [-0.25, -0.2) is 21.9 Å². The molecule has 1 heterocycles. The maximum Gasteiger partial charge on any atom is 0.243 e. The molecule has 0 bridgehead atoms. The van der Waals surface area contributed by atoms with Crippen LogP contribution in [0, 0.1) is 18.6 Å². The van der Waals surface area contributed by atoms with E-state index in [9.17, 15) is 17.2 Å². The highest BCUT2D eigenvalue weighted by Gasteiger charge is 2.21. The summed E-state index contributed by atoms with van der Waals surface area (Å²) in [4.78, 5) is -0.709. The summed E-state index contributed by atoms with van der Waals surface area (Å²) in [5.74, 6) is -1.22. The van der Waals surface area contributed by atoms with Crippen molar-refractivity contribution in [2.24, 2.45) is 0 Å². The number of sulfonamides is 1. The van der Waals surface area contributed by atoms with Crippen molar-refractivity contribution in [3.05, 3.63) is 47.4 Å². The van der Waals surface area contributed by atoms with Gasteiger partial charge < -0.3 is 10.2 Å². The second-order valence-electron chi connectivity index (χ2n) is 4.14. The van der Waals surface area contributed by atoms with Gasteiger partial charge in [-0.05, 0) is 25.1 Å². The van der Waals surface area contributed by atoms with Crippen molar-refractivity contribution in [2.75, 3.05) is 5.73 Å². The molecule has 0 saturated carbocycles. The zero-order valence-corrected chi connectivity index (χ0v) is 11.3. The van der Waals surface area contributed by atoms with Gasteiger partial charge in [-0.2, -0.15) is 0 Å². The standard InChI is InChI=1S/C12H12F2N2O3S/c1-7-2-3-8(19-7)6-16-20(17,18)12-5-11(15)9(13)4-10(12)14/h2-5,16H,6,15H2,1H3. The van der Waals surface area contributed by atoms with Gasteiger partial charge in [0.25, 0.3) is 0 Å². The third-order valence-electron chi connectivity index (χ3n) is 2.57. The second kappa shape index (κ2) is 5.22. The lowest BCUT2D eigenvalue weighted by Gasteiger charge is -2.08. The first-order valence-electron chi connectivity index (χ1n) is 5.59. The fourth-order valence-corrected chi connectivity index (χ4v) is 2.66. The van der Waals surface area contributed by atoms with Crippen LogP contribution in [0.25, 0.3) is 0 Å². The van der Waals surface area contributed by atoms with Gasteiger partial charge in [-0.1, -0.05) is 0 Å². The minimum Gasteiger partial charge on any atom is -0.465 e. The largest absolute Gasteiger partial charge is 0.465 e. The van der Waals surface area contributed by atoms with Gasteiger partial charge in [-0.15, -0.1) is 0 Å². The minimum atomic E-state index is -4.15. The van der Waals surface area contributed by atoms with Crippen LogP contribution in [0.2, 0.25) is 0 Å². The number of hydrogen-bond acceptors (Lipinski definition) is 4. The molecule has 2 aromatic rings. The van der Waals surface area contributed by atoms with E-state index in [0.29, 0.717) is 17.6 Å². The van der Waals surface area contributed by atoms with Crippen molar-refractivity contribution in [1.82, 2.24) is 4.72 Å². The monoisotopic (exact) mass is 302 g/mol. The Bertz CT molecular complexity index is 741. The molecule has 5 nitrogen and oxygen atoms in total. The maximum absolute atomic E-state index is 13.5. The molecule has 108 valence electrons. The third kappa shape index (κ3) is 2.97. The van der Waals surface area contributed by atoms with Gasteiger partial charge in [0.2, 0.25) is 10.0 Å². The second-order valence-corrected chi connectivity index (χ2v) is 5.88. The Morgan fingerprint density at radius 1 is 1.25 bits per heavy atom. The highest BCUT2D eigenvalue weighted by atomic mass is 32.2. The first kappa shape index (κ1) is 14.5. The molecular formula is C12H12F2N2O3S. The number of nitrogen functional groups attached to an aromatic ring is 1. The topological polar surface area (TPSA) is 85.3 Å². The van der Waals surface area contributed by atoms with Gasteiger partial charge >= 0.3 is 0 Å². The van der Waals surface area contributed by atoms with E-state index in [1.165, 1.54) is 0 Å². The number of aryl methyl sites for hydroxylation is 1. The van der Waals surface area contributed by atoms with Crippen molar-refractivity contribution >= 4 is 15.7 Å². The number of benzene rings is 1. The predicted molar refractivity (Wildman–Crippen MR) is 68.2 cm³/mol. The van der Waals surface area contributed by atoms with Crippen LogP contribution >= 0.6 is 0 Å². The Morgan fingerprint density at radius 2 is 1.95 bits per heavy atom. The lowest BCUT2D eigenvalue weighted by Crippen LogP contribution is -2.24. The van der Waals surface area contributed by atoms with Gasteiger partial charge in [-0.3, -0.25) is 0 Å². The molecule has 1 aromatic heterocycles. The van der Waals surface area contributed by atoms with Crippen molar-refractivity contribution in [3.8, 4) is 0 Å². The van der Waals surface area contributed by atoms with Crippen LogP contribution in [0.5, 0.6) is 0 Å². The molecule has 0 spiro atoms. The molecular weight excluding hydrogens is 290 g/mol. The van der Waals surface area contributed by atoms with Crippen LogP contribution in [0.3, 0.4) is 0 Å². The molecule has 0 radical (unpaired) electrons. The van der Waals surface area contributed by atoms with Crippen LogP contribution < -0.4 is 10.5 Å². The summed E-state index contributed by atoms with van der Waals surface area (Å²) in [7, 11) is -4.15. The van der Waals surface area contributed by atoms with E-state index in [1.54, 1.807) is 19.1 Å². The minimum absolute atomic E-state index is 0.146. The number of halogens is 2. The summed E-state index contributed by atoms with van der Waals surface area (Å²) in [6, 6.07) is 4.43. The smallest absolute Gasteiger partial charge is 0.243 e. The normalized spacial score (nSPS) is 11.8. The molecule has 0 saturated heterocycles. The maximum atomic E-state index is 13.5. The summed E-state index contributed by atoms with van der Waals surface area (Å²) in [6.45, 7) is 1.56. The van der Waals surface area contributed by atoms with Crippen molar-refractivity contribution in [2.45, 2.75) is 18.4 Å². The Morgan fingerprint density at radius 3 is 2.55 bits per heavy atom. The van der Waals surface area contributed by atoms with E-state index in [1.807, 2.05) is 0 Å². The fraction of sp³-hybridized carbons (Fsp3) is 0.167. The van der Waals surface area contributed by atoms with Gasteiger partial charge in [0.1, 0.15) is 28.1 Å². The van der Waals surface area contributed by atoms with Crippen LogP contribution in [0.4, 0.5) is 14.5 Å². The van der Waals surface area contributed by atoms with Crippen LogP contribution in [0.1, 0.15) is 11.5 Å². The van der Waals surface area contributed by atoms with Crippen LogP contribution in [0.15, 0.2) is 33.6 Å². The van der Waals surface area contributed by atoms with Gasteiger partial charge in [0.05, 0.1) is 12.2 Å². The number of hydrogen-bond donors (Lipinski definition) is 2. The third-order valence-corrected chi connectivity index (χ3v) is 3.99. The lowest BCUT2D eigenvalue weighted by molar-refractivity contribution is 0.474. The number of nitrogens with two attached hydrogens (primary N) is 1. The molecule has 2 rings (SSSR count). The zero-order valence-electron chi connectivity index (χ0n) is 10.5. The number of rotatable bonds is 4. The Kier molecular flexibility index (Phi) is 3.78. The molecule has 8 heteroatoms. The number of nitrogens with one attached hydrogen (secondary N) is 1. The van der Waals surface area contributed by atoms with Crippen LogP contribution in [-0.2, 0) is 16.6 Å². The highest BCUT2D eigenvalue weighted by molar-refractivity contribution is 7.89. The average Bonchev–Trinajstić information content (AvgIpc) is 2.77. The van der Waals surface area contributed by atoms with E-state index >= 15 is 0 Å². The molecule has 20 heavy (non-hydrogen) atoms. The highest BCUT2D eigenvalue weighted by Crippen LogP contribution is 2.21.